The lowest BCUT2D eigenvalue weighted by molar-refractivity contribution is 0.475. The number of nitrogens with zero attached hydrogens (tertiary/aromatic N) is 4. The van der Waals surface area contributed by atoms with Gasteiger partial charge in [-0.3, -0.25) is 0 Å². The van der Waals surface area contributed by atoms with Gasteiger partial charge in [-0.25, -0.2) is 4.98 Å². The number of phenols is 1. The van der Waals surface area contributed by atoms with E-state index in [0.29, 0.717) is 16.8 Å². The number of nitrogens with two attached hydrogens (primary N) is 1. The first kappa shape index (κ1) is 13.5. The lowest BCUT2D eigenvalue weighted by Gasteiger charge is -2.01. The van der Waals surface area contributed by atoms with Gasteiger partial charge in [-0.15, -0.1) is 5.10 Å². The number of nitrogens with one attached hydrogen (secondary N) is 1. The van der Waals surface area contributed by atoms with E-state index in [0.717, 1.165) is 10.2 Å². The summed E-state index contributed by atoms with van der Waals surface area (Å²) in [5.41, 5.74) is 7.51. The number of aromatic nitrogens is 4. The molecule has 4 rings (SSSR count). The third-order valence-corrected chi connectivity index (χ3v) is 4.21. The van der Waals surface area contributed by atoms with Gasteiger partial charge in [-0.2, -0.15) is 9.67 Å². The fraction of sp³-hybridized carbons (Fsp3) is 0. The molecule has 0 saturated heterocycles. The molecule has 0 unspecified atom stereocenters. The van der Waals surface area contributed by atoms with E-state index in [2.05, 4.69) is 20.4 Å². The number of hydrogen-bond acceptors (Lipinski definition) is 7. The SMILES string of the molecule is Nc1nc(Nc2cccc(O)c2)nn1-c1nc2ccccc2s1. The van der Waals surface area contributed by atoms with E-state index in [-0.39, 0.29) is 11.7 Å². The maximum atomic E-state index is 9.49. The van der Waals surface area contributed by atoms with Gasteiger partial charge in [0.2, 0.25) is 17.0 Å². The molecule has 114 valence electrons. The van der Waals surface area contributed by atoms with Crippen molar-refractivity contribution in [1.29, 1.82) is 0 Å². The molecule has 0 fully saturated rings. The monoisotopic (exact) mass is 324 g/mol. The Morgan fingerprint density at radius 3 is 2.78 bits per heavy atom. The molecule has 0 radical (unpaired) electrons. The first-order valence-electron chi connectivity index (χ1n) is 6.83. The van der Waals surface area contributed by atoms with Crippen molar-refractivity contribution >= 4 is 39.1 Å². The summed E-state index contributed by atoms with van der Waals surface area (Å²) in [6.45, 7) is 0. The standard InChI is InChI=1S/C15H12N6OS/c16-13-19-14(17-9-4-3-5-10(22)8-9)20-21(13)15-18-11-6-1-2-7-12(11)23-15/h1-8,22H,(H3,16,17,19,20). The Morgan fingerprint density at radius 1 is 1.09 bits per heavy atom. The molecule has 7 nitrogen and oxygen atoms in total. The number of phenolic OH excluding ortho intramolecular Hbond substituents is 1. The summed E-state index contributed by atoms with van der Waals surface area (Å²) in [5, 5.41) is 17.5. The number of hydrogen-bond donors (Lipinski definition) is 3. The minimum Gasteiger partial charge on any atom is -0.508 e. The van der Waals surface area contributed by atoms with Gasteiger partial charge >= 0.3 is 0 Å². The molecule has 23 heavy (non-hydrogen) atoms. The highest BCUT2D eigenvalue weighted by atomic mass is 32.1. The Kier molecular flexibility index (Phi) is 3.09. The molecule has 4 N–H and O–H groups in total. The first-order valence-corrected chi connectivity index (χ1v) is 7.65. The highest BCUT2D eigenvalue weighted by Crippen LogP contribution is 2.26. The van der Waals surface area contributed by atoms with Crippen LogP contribution in [0.25, 0.3) is 15.3 Å². The molecule has 0 aliphatic heterocycles. The summed E-state index contributed by atoms with van der Waals surface area (Å²) in [4.78, 5) is 8.70. The summed E-state index contributed by atoms with van der Waals surface area (Å²) in [5.74, 6) is 0.743. The second kappa shape index (κ2) is 5.25. The smallest absolute Gasteiger partial charge is 0.248 e. The zero-order valence-electron chi connectivity index (χ0n) is 11.8. The number of rotatable bonds is 3. The van der Waals surface area contributed by atoms with E-state index in [9.17, 15) is 5.11 Å². The van der Waals surface area contributed by atoms with Crippen LogP contribution in [-0.2, 0) is 0 Å². The fourth-order valence-electron chi connectivity index (χ4n) is 2.18. The van der Waals surface area contributed by atoms with Crippen LogP contribution in [0.4, 0.5) is 17.6 Å². The number of fused-ring (bicyclic) bond motifs is 1. The first-order chi connectivity index (χ1) is 11.2. The maximum Gasteiger partial charge on any atom is 0.248 e. The number of thiazole rings is 1. The lowest BCUT2D eigenvalue weighted by atomic mass is 10.3. The van der Waals surface area contributed by atoms with Gasteiger partial charge < -0.3 is 16.2 Å². The Balaban J connectivity index is 1.69. The van der Waals surface area contributed by atoms with Crippen molar-refractivity contribution in [2.75, 3.05) is 11.1 Å². The van der Waals surface area contributed by atoms with Crippen LogP contribution in [0.1, 0.15) is 0 Å². The summed E-state index contributed by atoms with van der Waals surface area (Å²) in [7, 11) is 0. The average molecular weight is 324 g/mol. The fourth-order valence-corrected chi connectivity index (χ4v) is 3.11. The van der Waals surface area contributed by atoms with Gasteiger partial charge in [0.25, 0.3) is 0 Å². The van der Waals surface area contributed by atoms with E-state index in [4.69, 9.17) is 5.73 Å². The predicted octanol–water partition coefficient (Wildman–Crippen LogP) is 2.91. The van der Waals surface area contributed by atoms with Gasteiger partial charge in [0, 0.05) is 11.8 Å². The van der Waals surface area contributed by atoms with Crippen molar-refractivity contribution in [3.05, 3.63) is 48.5 Å². The topological polar surface area (TPSA) is 102 Å². The number of aromatic hydroxyl groups is 1. The lowest BCUT2D eigenvalue weighted by Crippen LogP contribution is -2.01. The van der Waals surface area contributed by atoms with E-state index in [1.54, 1.807) is 24.3 Å². The molecular formula is C15H12N6OS. The van der Waals surface area contributed by atoms with Crippen LogP contribution in [0.5, 0.6) is 5.75 Å². The number of anilines is 3. The summed E-state index contributed by atoms with van der Waals surface area (Å²) < 4.78 is 2.55. The van der Waals surface area contributed by atoms with Crippen molar-refractivity contribution in [2.24, 2.45) is 0 Å². The molecule has 0 saturated carbocycles. The zero-order chi connectivity index (χ0) is 15.8. The minimum atomic E-state index is 0.161. The van der Waals surface area contributed by atoms with Crippen molar-refractivity contribution in [2.45, 2.75) is 0 Å². The normalized spacial score (nSPS) is 11.0. The van der Waals surface area contributed by atoms with E-state index in [1.807, 2.05) is 24.3 Å². The van der Waals surface area contributed by atoms with Crippen LogP contribution in [0.15, 0.2) is 48.5 Å². The maximum absolute atomic E-state index is 9.49. The van der Waals surface area contributed by atoms with E-state index in [1.165, 1.54) is 16.0 Å². The molecule has 0 aliphatic rings. The Bertz CT molecular complexity index is 959. The van der Waals surface area contributed by atoms with Crippen LogP contribution in [0.3, 0.4) is 0 Å². The second-order valence-corrected chi connectivity index (χ2v) is 5.85. The molecule has 2 aromatic carbocycles. The van der Waals surface area contributed by atoms with Crippen molar-refractivity contribution in [1.82, 2.24) is 19.7 Å². The van der Waals surface area contributed by atoms with Crippen LogP contribution in [-0.4, -0.2) is 24.9 Å². The third kappa shape index (κ3) is 2.55. The van der Waals surface area contributed by atoms with Gasteiger partial charge in [-0.1, -0.05) is 29.5 Å². The van der Waals surface area contributed by atoms with Crippen molar-refractivity contribution < 1.29 is 5.11 Å². The van der Waals surface area contributed by atoms with Crippen molar-refractivity contribution in [3.63, 3.8) is 0 Å². The highest BCUT2D eigenvalue weighted by molar-refractivity contribution is 7.20. The quantitative estimate of drug-likeness (QED) is 0.535. The molecule has 2 heterocycles. The highest BCUT2D eigenvalue weighted by Gasteiger charge is 2.13. The largest absolute Gasteiger partial charge is 0.508 e. The molecule has 0 aliphatic carbocycles. The molecule has 0 spiro atoms. The molecule has 8 heteroatoms. The number of benzene rings is 2. The third-order valence-electron chi connectivity index (χ3n) is 3.20. The minimum absolute atomic E-state index is 0.161. The number of nitrogen functional groups attached to an aromatic ring is 1. The Labute approximate surface area is 135 Å². The molecule has 0 atom stereocenters. The Hall–Kier alpha value is -3.13. The van der Waals surface area contributed by atoms with Crippen LogP contribution < -0.4 is 11.1 Å². The van der Waals surface area contributed by atoms with Gasteiger partial charge in [0.05, 0.1) is 10.2 Å². The second-order valence-electron chi connectivity index (χ2n) is 4.84. The Morgan fingerprint density at radius 2 is 1.96 bits per heavy atom. The van der Waals surface area contributed by atoms with Gasteiger partial charge in [-0.05, 0) is 24.3 Å². The van der Waals surface area contributed by atoms with Crippen molar-refractivity contribution in [3.8, 4) is 10.9 Å². The molecule has 0 bridgehead atoms. The summed E-state index contributed by atoms with van der Waals surface area (Å²) in [6, 6.07) is 14.5. The molecule has 4 aromatic rings. The molecular weight excluding hydrogens is 312 g/mol. The van der Waals surface area contributed by atoms with Gasteiger partial charge in [0.1, 0.15) is 5.75 Å². The summed E-state index contributed by atoms with van der Waals surface area (Å²) >= 11 is 1.49. The summed E-state index contributed by atoms with van der Waals surface area (Å²) in [6.07, 6.45) is 0. The van der Waals surface area contributed by atoms with E-state index >= 15 is 0 Å². The zero-order valence-corrected chi connectivity index (χ0v) is 12.7. The van der Waals surface area contributed by atoms with Gasteiger partial charge in [0.15, 0.2) is 0 Å². The van der Waals surface area contributed by atoms with E-state index < -0.39 is 0 Å². The average Bonchev–Trinajstić information content (AvgIpc) is 3.10. The number of para-hydroxylation sites is 1. The van der Waals surface area contributed by atoms with Crippen LogP contribution >= 0.6 is 11.3 Å². The molecule has 0 amide bonds. The molecule has 2 aromatic heterocycles. The van der Waals surface area contributed by atoms with Crippen LogP contribution in [0, 0.1) is 0 Å². The predicted molar refractivity (Wildman–Crippen MR) is 90.3 cm³/mol. The van der Waals surface area contributed by atoms with Crippen LogP contribution in [0.2, 0.25) is 0 Å².